The Hall–Kier alpha value is -1.67. The van der Waals surface area contributed by atoms with Crippen LogP contribution in [0.2, 0.25) is 0 Å². The van der Waals surface area contributed by atoms with Gasteiger partial charge < -0.3 is 10.4 Å². The van der Waals surface area contributed by atoms with Crippen LogP contribution in [0.25, 0.3) is 0 Å². The highest BCUT2D eigenvalue weighted by Crippen LogP contribution is 2.27. The molecule has 5 heteroatoms. The van der Waals surface area contributed by atoms with E-state index in [0.29, 0.717) is 17.9 Å². The lowest BCUT2D eigenvalue weighted by atomic mass is 9.83. The number of nitrogens with zero attached hydrogens (tertiary/aromatic N) is 3. The third-order valence-electron chi connectivity index (χ3n) is 4.42. The highest BCUT2D eigenvalue weighted by molar-refractivity contribution is 5.56. The van der Waals surface area contributed by atoms with Crippen molar-refractivity contribution in [1.82, 2.24) is 10.2 Å². The Morgan fingerprint density at radius 3 is 2.24 bits per heavy atom. The van der Waals surface area contributed by atoms with Crippen LogP contribution >= 0.6 is 0 Å². The SMILES string of the molecule is CCc1nnc(NCC(CC)(CC)CO)c(C#N)c1CC. The number of nitriles is 1. The second-order valence-corrected chi connectivity index (χ2v) is 5.39. The lowest BCUT2D eigenvalue weighted by Crippen LogP contribution is -2.33. The molecule has 1 rings (SSSR count). The molecule has 2 N–H and O–H groups in total. The van der Waals surface area contributed by atoms with Crippen LogP contribution < -0.4 is 5.32 Å². The Labute approximate surface area is 127 Å². The van der Waals surface area contributed by atoms with E-state index in [1.165, 1.54) is 0 Å². The Morgan fingerprint density at radius 2 is 1.81 bits per heavy atom. The van der Waals surface area contributed by atoms with Crippen molar-refractivity contribution in [1.29, 1.82) is 5.26 Å². The van der Waals surface area contributed by atoms with Crippen LogP contribution in [0.4, 0.5) is 5.82 Å². The fraction of sp³-hybridized carbons (Fsp3) is 0.688. The summed E-state index contributed by atoms with van der Waals surface area (Å²) >= 11 is 0. The second kappa shape index (κ2) is 7.94. The van der Waals surface area contributed by atoms with Crippen molar-refractivity contribution in [2.45, 2.75) is 53.4 Å². The third kappa shape index (κ3) is 3.70. The number of aryl methyl sites for hydroxylation is 1. The fourth-order valence-electron chi connectivity index (χ4n) is 2.47. The predicted octanol–water partition coefficient (Wildman–Crippen LogP) is 2.68. The van der Waals surface area contributed by atoms with Crippen LogP contribution in [0, 0.1) is 16.7 Å². The molecular formula is C16H26N4O. The first-order valence-electron chi connectivity index (χ1n) is 7.74. The average molecular weight is 290 g/mol. The molecule has 0 fully saturated rings. The smallest absolute Gasteiger partial charge is 0.166 e. The van der Waals surface area contributed by atoms with Gasteiger partial charge in [0.25, 0.3) is 0 Å². The van der Waals surface area contributed by atoms with E-state index in [1.54, 1.807) is 0 Å². The van der Waals surface area contributed by atoms with E-state index in [9.17, 15) is 10.4 Å². The van der Waals surface area contributed by atoms with E-state index in [2.05, 4.69) is 35.4 Å². The summed E-state index contributed by atoms with van der Waals surface area (Å²) < 4.78 is 0. The Morgan fingerprint density at radius 1 is 1.14 bits per heavy atom. The van der Waals surface area contributed by atoms with Gasteiger partial charge in [-0.2, -0.15) is 10.4 Å². The molecule has 0 aromatic carbocycles. The van der Waals surface area contributed by atoms with Gasteiger partial charge in [0.05, 0.1) is 12.3 Å². The third-order valence-corrected chi connectivity index (χ3v) is 4.42. The largest absolute Gasteiger partial charge is 0.396 e. The van der Waals surface area contributed by atoms with Crippen LogP contribution in [0.5, 0.6) is 0 Å². The minimum Gasteiger partial charge on any atom is -0.396 e. The molecule has 116 valence electrons. The van der Waals surface area contributed by atoms with Crippen LogP contribution in [-0.2, 0) is 12.8 Å². The molecule has 0 bridgehead atoms. The molecule has 0 aliphatic rings. The van der Waals surface area contributed by atoms with Crippen LogP contribution in [0.3, 0.4) is 0 Å². The van der Waals surface area contributed by atoms with E-state index >= 15 is 0 Å². The zero-order valence-corrected chi connectivity index (χ0v) is 13.5. The zero-order chi connectivity index (χ0) is 15.9. The van der Waals surface area contributed by atoms with Gasteiger partial charge in [0.1, 0.15) is 11.6 Å². The number of hydrogen-bond donors (Lipinski definition) is 2. The van der Waals surface area contributed by atoms with E-state index in [0.717, 1.165) is 36.9 Å². The average Bonchev–Trinajstić information content (AvgIpc) is 2.55. The lowest BCUT2D eigenvalue weighted by Gasteiger charge is -2.30. The number of nitrogens with one attached hydrogen (secondary N) is 1. The summed E-state index contributed by atoms with van der Waals surface area (Å²) in [6.07, 6.45) is 3.28. The Balaban J connectivity index is 3.07. The molecule has 0 unspecified atom stereocenters. The molecule has 1 aromatic rings. The predicted molar refractivity (Wildman–Crippen MR) is 84.1 cm³/mol. The number of anilines is 1. The van der Waals surface area contributed by atoms with E-state index in [-0.39, 0.29) is 12.0 Å². The van der Waals surface area contributed by atoms with Crippen molar-refractivity contribution in [3.63, 3.8) is 0 Å². The standard InChI is InChI=1S/C16H26N4O/c1-5-12-13(9-17)15(20-19-14(12)6-2)18-10-16(7-3,8-4)11-21/h21H,5-8,10-11H2,1-4H3,(H,18,20). The zero-order valence-electron chi connectivity index (χ0n) is 13.5. The number of aliphatic hydroxyl groups is 1. The highest BCUT2D eigenvalue weighted by Gasteiger charge is 2.26. The first kappa shape index (κ1) is 17.4. The maximum Gasteiger partial charge on any atom is 0.166 e. The molecule has 0 amide bonds. The lowest BCUT2D eigenvalue weighted by molar-refractivity contribution is 0.127. The van der Waals surface area contributed by atoms with E-state index in [4.69, 9.17) is 0 Å². The number of rotatable bonds is 8. The first-order valence-corrected chi connectivity index (χ1v) is 7.74. The highest BCUT2D eigenvalue weighted by atomic mass is 16.3. The maximum atomic E-state index is 9.62. The molecule has 0 radical (unpaired) electrons. The maximum absolute atomic E-state index is 9.62. The van der Waals surface area contributed by atoms with Gasteiger partial charge in [0.15, 0.2) is 5.82 Å². The summed E-state index contributed by atoms with van der Waals surface area (Å²) in [5.74, 6) is 0.534. The number of hydrogen-bond acceptors (Lipinski definition) is 5. The summed E-state index contributed by atoms with van der Waals surface area (Å²) in [5.41, 5.74) is 2.27. The topological polar surface area (TPSA) is 81.8 Å². The first-order chi connectivity index (χ1) is 10.1. The number of aromatic nitrogens is 2. The minimum absolute atomic E-state index is 0.121. The van der Waals surface area contributed by atoms with Gasteiger partial charge in [-0.1, -0.05) is 27.7 Å². The van der Waals surface area contributed by atoms with Gasteiger partial charge in [-0.15, -0.1) is 5.10 Å². The summed E-state index contributed by atoms with van der Waals surface area (Å²) in [7, 11) is 0. The summed E-state index contributed by atoms with van der Waals surface area (Å²) in [6, 6.07) is 2.25. The van der Waals surface area contributed by atoms with Crippen LogP contribution in [0.15, 0.2) is 0 Å². The van der Waals surface area contributed by atoms with Crippen LogP contribution in [-0.4, -0.2) is 28.5 Å². The summed E-state index contributed by atoms with van der Waals surface area (Å²) in [6.45, 7) is 8.88. The van der Waals surface area contributed by atoms with Gasteiger partial charge >= 0.3 is 0 Å². The minimum atomic E-state index is -0.176. The molecule has 0 saturated carbocycles. The van der Waals surface area contributed by atoms with Crippen molar-refractivity contribution in [2.75, 3.05) is 18.5 Å². The van der Waals surface area contributed by atoms with Crippen molar-refractivity contribution in [2.24, 2.45) is 5.41 Å². The molecule has 1 aromatic heterocycles. The molecule has 1 heterocycles. The van der Waals surface area contributed by atoms with Crippen molar-refractivity contribution in [3.05, 3.63) is 16.8 Å². The molecule has 0 saturated heterocycles. The Kier molecular flexibility index (Phi) is 6.57. The van der Waals surface area contributed by atoms with Crippen molar-refractivity contribution in [3.8, 4) is 6.07 Å². The van der Waals surface area contributed by atoms with Crippen molar-refractivity contribution >= 4 is 5.82 Å². The quantitative estimate of drug-likeness (QED) is 0.769. The second-order valence-electron chi connectivity index (χ2n) is 5.39. The Bertz CT molecular complexity index is 495. The van der Waals surface area contributed by atoms with Gasteiger partial charge in [0.2, 0.25) is 0 Å². The normalized spacial score (nSPS) is 11.2. The van der Waals surface area contributed by atoms with E-state index < -0.39 is 0 Å². The summed E-state index contributed by atoms with van der Waals surface area (Å²) in [5, 5.41) is 30.7. The summed E-state index contributed by atoms with van der Waals surface area (Å²) in [4.78, 5) is 0. The molecule has 0 atom stereocenters. The fourth-order valence-corrected chi connectivity index (χ4v) is 2.47. The van der Waals surface area contributed by atoms with Gasteiger partial charge in [-0.25, -0.2) is 0 Å². The van der Waals surface area contributed by atoms with Crippen LogP contribution in [0.1, 0.15) is 57.4 Å². The van der Waals surface area contributed by atoms with Crippen molar-refractivity contribution < 1.29 is 5.11 Å². The molecule has 0 spiro atoms. The number of aliphatic hydroxyl groups excluding tert-OH is 1. The molecule has 0 aliphatic carbocycles. The van der Waals surface area contributed by atoms with Gasteiger partial charge in [0, 0.05) is 12.0 Å². The molecule has 5 nitrogen and oxygen atoms in total. The monoisotopic (exact) mass is 290 g/mol. The molecule has 21 heavy (non-hydrogen) atoms. The van der Waals surface area contributed by atoms with Gasteiger partial charge in [-0.05, 0) is 31.2 Å². The van der Waals surface area contributed by atoms with E-state index in [1.807, 2.05) is 13.8 Å². The molecular weight excluding hydrogens is 264 g/mol. The molecule has 0 aliphatic heterocycles. The van der Waals surface area contributed by atoms with Gasteiger partial charge in [-0.3, -0.25) is 0 Å².